The molecule has 2 amide bonds. The summed E-state index contributed by atoms with van der Waals surface area (Å²) in [7, 11) is 1.56. The van der Waals surface area contributed by atoms with E-state index in [2.05, 4.69) is 10.3 Å². The van der Waals surface area contributed by atoms with Gasteiger partial charge in [0.25, 0.3) is 0 Å². The predicted octanol–water partition coefficient (Wildman–Crippen LogP) is 3.04. The maximum Gasteiger partial charge on any atom is 0.230 e. The van der Waals surface area contributed by atoms with Gasteiger partial charge < -0.3 is 15.0 Å². The van der Waals surface area contributed by atoms with Gasteiger partial charge in [-0.25, -0.2) is 4.98 Å². The van der Waals surface area contributed by atoms with Crippen molar-refractivity contribution in [3.8, 4) is 5.75 Å². The summed E-state index contributed by atoms with van der Waals surface area (Å²) in [5.74, 6) is 0.230. The van der Waals surface area contributed by atoms with Crippen molar-refractivity contribution < 1.29 is 14.3 Å². The first-order valence-electron chi connectivity index (χ1n) is 7.85. The molecule has 1 atom stereocenters. The number of nitrogens with one attached hydrogen (secondary N) is 1. The van der Waals surface area contributed by atoms with Gasteiger partial charge in [0.1, 0.15) is 11.6 Å². The summed E-state index contributed by atoms with van der Waals surface area (Å²) in [6.45, 7) is 2.25. The molecule has 130 valence electrons. The second-order valence-electron chi connectivity index (χ2n) is 5.93. The minimum Gasteiger partial charge on any atom is -0.495 e. The average molecular weight is 360 g/mol. The van der Waals surface area contributed by atoms with Crippen molar-refractivity contribution in [1.29, 1.82) is 0 Å². The van der Waals surface area contributed by atoms with Crippen LogP contribution in [0.15, 0.2) is 36.5 Å². The van der Waals surface area contributed by atoms with E-state index in [-0.39, 0.29) is 18.2 Å². The standard InChI is InChI=1S/C18H18ClN3O3/c1-11-3-5-15(25-2)14(7-11)22-10-12(8-17(22)23)18(24)21-16-6-4-13(19)9-20-16/h3-7,9,12H,8,10H2,1-2H3,(H,20,21,24). The fraction of sp³-hybridized carbons (Fsp3) is 0.278. The molecule has 1 aromatic carbocycles. The highest BCUT2D eigenvalue weighted by Crippen LogP contribution is 2.34. The molecule has 3 rings (SSSR count). The Morgan fingerprint density at radius 3 is 2.84 bits per heavy atom. The van der Waals surface area contributed by atoms with Crippen molar-refractivity contribution in [2.75, 3.05) is 23.9 Å². The van der Waals surface area contributed by atoms with Crippen LogP contribution in [0.1, 0.15) is 12.0 Å². The molecule has 0 bridgehead atoms. The number of carbonyl (C=O) groups excluding carboxylic acids is 2. The molecular weight excluding hydrogens is 342 g/mol. The van der Waals surface area contributed by atoms with Gasteiger partial charge >= 0.3 is 0 Å². The number of amides is 2. The minimum atomic E-state index is -0.449. The van der Waals surface area contributed by atoms with Crippen LogP contribution in [0.3, 0.4) is 0 Å². The molecule has 1 aromatic heterocycles. The molecule has 6 nitrogen and oxygen atoms in total. The molecule has 0 radical (unpaired) electrons. The highest BCUT2D eigenvalue weighted by Gasteiger charge is 2.36. The molecule has 1 N–H and O–H groups in total. The summed E-state index contributed by atoms with van der Waals surface area (Å²) < 4.78 is 5.35. The van der Waals surface area contributed by atoms with Crippen LogP contribution in [0.2, 0.25) is 5.02 Å². The smallest absolute Gasteiger partial charge is 0.230 e. The third kappa shape index (κ3) is 3.74. The minimum absolute atomic E-state index is 0.104. The fourth-order valence-electron chi connectivity index (χ4n) is 2.81. The Bertz CT molecular complexity index is 808. The molecule has 0 spiro atoms. The van der Waals surface area contributed by atoms with E-state index in [4.69, 9.17) is 16.3 Å². The van der Waals surface area contributed by atoms with E-state index >= 15 is 0 Å². The number of halogens is 1. The van der Waals surface area contributed by atoms with Gasteiger partial charge in [-0.1, -0.05) is 17.7 Å². The first-order valence-corrected chi connectivity index (χ1v) is 8.23. The number of aromatic nitrogens is 1. The molecule has 25 heavy (non-hydrogen) atoms. The summed E-state index contributed by atoms with van der Waals surface area (Å²) >= 11 is 5.78. The van der Waals surface area contributed by atoms with Crippen molar-refractivity contribution in [2.45, 2.75) is 13.3 Å². The molecule has 0 aliphatic carbocycles. The number of anilines is 2. The van der Waals surface area contributed by atoms with Gasteiger partial charge in [-0.15, -0.1) is 0 Å². The zero-order chi connectivity index (χ0) is 18.0. The van der Waals surface area contributed by atoms with Crippen LogP contribution in [0.5, 0.6) is 5.75 Å². The number of rotatable bonds is 4. The van der Waals surface area contributed by atoms with Crippen molar-refractivity contribution in [3.05, 3.63) is 47.1 Å². The van der Waals surface area contributed by atoms with Crippen molar-refractivity contribution >= 4 is 34.9 Å². The summed E-state index contributed by atoms with van der Waals surface area (Å²) in [6.07, 6.45) is 1.61. The number of ether oxygens (including phenoxy) is 1. The van der Waals surface area contributed by atoms with E-state index in [9.17, 15) is 9.59 Å². The molecule has 1 aliphatic rings. The third-order valence-electron chi connectivity index (χ3n) is 4.10. The van der Waals surface area contributed by atoms with E-state index in [1.54, 1.807) is 24.1 Å². The number of benzene rings is 1. The quantitative estimate of drug-likeness (QED) is 0.910. The normalized spacial score (nSPS) is 16.8. The molecule has 2 aromatic rings. The largest absolute Gasteiger partial charge is 0.495 e. The summed E-state index contributed by atoms with van der Waals surface area (Å²) in [4.78, 5) is 30.5. The number of hydrogen-bond donors (Lipinski definition) is 1. The first-order chi connectivity index (χ1) is 12.0. The van der Waals surface area contributed by atoms with Crippen molar-refractivity contribution in [2.24, 2.45) is 5.92 Å². The molecule has 7 heteroatoms. The zero-order valence-corrected chi connectivity index (χ0v) is 14.7. The lowest BCUT2D eigenvalue weighted by Gasteiger charge is -2.20. The Balaban J connectivity index is 1.75. The second kappa shape index (κ2) is 7.11. The van der Waals surface area contributed by atoms with Gasteiger partial charge in [0.2, 0.25) is 11.8 Å². The highest BCUT2D eigenvalue weighted by atomic mass is 35.5. The van der Waals surface area contributed by atoms with E-state index < -0.39 is 5.92 Å². The maximum atomic E-state index is 12.4. The van der Waals surface area contributed by atoms with Crippen LogP contribution >= 0.6 is 11.6 Å². The zero-order valence-electron chi connectivity index (χ0n) is 14.0. The van der Waals surface area contributed by atoms with Crippen LogP contribution in [0.25, 0.3) is 0 Å². The van der Waals surface area contributed by atoms with E-state index in [0.717, 1.165) is 5.56 Å². The lowest BCUT2D eigenvalue weighted by molar-refractivity contribution is -0.122. The molecule has 1 aliphatic heterocycles. The summed E-state index contributed by atoms with van der Waals surface area (Å²) in [5.41, 5.74) is 1.70. The number of nitrogens with zero attached hydrogens (tertiary/aromatic N) is 2. The summed E-state index contributed by atoms with van der Waals surface area (Å²) in [6, 6.07) is 8.90. The van der Waals surface area contributed by atoms with Gasteiger partial charge in [0, 0.05) is 19.2 Å². The monoisotopic (exact) mass is 359 g/mol. The molecule has 0 saturated carbocycles. The molecule has 1 fully saturated rings. The Morgan fingerprint density at radius 1 is 1.36 bits per heavy atom. The Morgan fingerprint density at radius 2 is 2.16 bits per heavy atom. The second-order valence-corrected chi connectivity index (χ2v) is 6.37. The van der Waals surface area contributed by atoms with E-state index in [1.165, 1.54) is 6.20 Å². The van der Waals surface area contributed by atoms with Crippen LogP contribution in [0.4, 0.5) is 11.5 Å². The molecule has 2 heterocycles. The van der Waals surface area contributed by atoms with Crippen LogP contribution in [-0.2, 0) is 9.59 Å². The number of aryl methyl sites for hydroxylation is 1. The molecular formula is C18H18ClN3O3. The average Bonchev–Trinajstić information content (AvgIpc) is 2.98. The Labute approximate surface area is 150 Å². The molecule has 1 saturated heterocycles. The summed E-state index contributed by atoms with van der Waals surface area (Å²) in [5, 5.41) is 3.22. The Hall–Kier alpha value is -2.60. The number of pyridine rings is 1. The Kier molecular flexibility index (Phi) is 4.90. The van der Waals surface area contributed by atoms with Crippen LogP contribution in [0, 0.1) is 12.8 Å². The van der Waals surface area contributed by atoms with E-state index in [0.29, 0.717) is 28.8 Å². The topological polar surface area (TPSA) is 71.5 Å². The SMILES string of the molecule is COc1ccc(C)cc1N1CC(C(=O)Nc2ccc(Cl)cn2)CC1=O. The van der Waals surface area contributed by atoms with Crippen LogP contribution < -0.4 is 15.0 Å². The van der Waals surface area contributed by atoms with Gasteiger partial charge in [-0.3, -0.25) is 9.59 Å². The maximum absolute atomic E-state index is 12.4. The highest BCUT2D eigenvalue weighted by molar-refractivity contribution is 6.30. The van der Waals surface area contributed by atoms with Gasteiger partial charge in [-0.2, -0.15) is 0 Å². The lowest BCUT2D eigenvalue weighted by atomic mass is 10.1. The predicted molar refractivity (Wildman–Crippen MR) is 96.1 cm³/mol. The molecule has 1 unspecified atom stereocenters. The van der Waals surface area contributed by atoms with E-state index in [1.807, 2.05) is 25.1 Å². The van der Waals surface area contributed by atoms with Gasteiger partial charge in [0.05, 0.1) is 23.7 Å². The van der Waals surface area contributed by atoms with Crippen molar-refractivity contribution in [3.63, 3.8) is 0 Å². The lowest BCUT2D eigenvalue weighted by Crippen LogP contribution is -2.28. The number of hydrogen-bond acceptors (Lipinski definition) is 4. The van der Waals surface area contributed by atoms with Crippen LogP contribution in [-0.4, -0.2) is 30.5 Å². The third-order valence-corrected chi connectivity index (χ3v) is 4.32. The number of methoxy groups -OCH3 is 1. The first kappa shape index (κ1) is 17.2. The van der Waals surface area contributed by atoms with Gasteiger partial charge in [-0.05, 0) is 36.8 Å². The number of carbonyl (C=O) groups is 2. The van der Waals surface area contributed by atoms with Crippen molar-refractivity contribution in [1.82, 2.24) is 4.98 Å². The fourth-order valence-corrected chi connectivity index (χ4v) is 2.92. The van der Waals surface area contributed by atoms with Gasteiger partial charge in [0.15, 0.2) is 0 Å².